The van der Waals surface area contributed by atoms with E-state index in [0.717, 1.165) is 0 Å². The molecular formula is C12H22O9. The van der Waals surface area contributed by atoms with Crippen LogP contribution in [0.15, 0.2) is 0 Å². The van der Waals surface area contributed by atoms with Crippen LogP contribution in [-0.2, 0) is 14.2 Å². The maximum atomic E-state index is 9.98. The number of aliphatic hydroxyl groups is 6. The molecular weight excluding hydrogens is 288 g/mol. The molecule has 0 aromatic carbocycles. The largest absolute Gasteiger partial charge is 0.394 e. The average molecular weight is 310 g/mol. The van der Waals surface area contributed by atoms with Crippen molar-refractivity contribution in [1.29, 1.82) is 0 Å². The lowest BCUT2D eigenvalue weighted by Crippen LogP contribution is -2.60. The van der Waals surface area contributed by atoms with E-state index in [0.29, 0.717) is 0 Å². The Kier molecular flexibility index (Phi) is 5.52. The van der Waals surface area contributed by atoms with Gasteiger partial charge >= 0.3 is 0 Å². The summed E-state index contributed by atoms with van der Waals surface area (Å²) < 4.78 is 15.6. The van der Waals surface area contributed by atoms with Gasteiger partial charge in [-0.05, 0) is 6.92 Å². The molecule has 2 rings (SSSR count). The van der Waals surface area contributed by atoms with Gasteiger partial charge in [-0.1, -0.05) is 0 Å². The Labute approximate surface area is 121 Å². The van der Waals surface area contributed by atoms with Gasteiger partial charge in [0.2, 0.25) is 0 Å². The molecule has 0 spiro atoms. The second-order valence-corrected chi connectivity index (χ2v) is 5.39. The van der Waals surface area contributed by atoms with Crippen molar-refractivity contribution in [3.05, 3.63) is 0 Å². The third-order valence-electron chi connectivity index (χ3n) is 3.82. The summed E-state index contributed by atoms with van der Waals surface area (Å²) in [5.41, 5.74) is 0. The van der Waals surface area contributed by atoms with Gasteiger partial charge in [0.25, 0.3) is 0 Å². The molecule has 0 aromatic rings. The van der Waals surface area contributed by atoms with Gasteiger partial charge in [0.05, 0.1) is 18.8 Å². The van der Waals surface area contributed by atoms with Crippen LogP contribution in [0.3, 0.4) is 0 Å². The van der Waals surface area contributed by atoms with Crippen LogP contribution in [0.4, 0.5) is 0 Å². The molecule has 2 aliphatic heterocycles. The molecule has 0 aromatic heterocycles. The smallest absolute Gasteiger partial charge is 0.186 e. The maximum absolute atomic E-state index is 9.98. The third kappa shape index (κ3) is 3.52. The highest BCUT2D eigenvalue weighted by Gasteiger charge is 2.46. The summed E-state index contributed by atoms with van der Waals surface area (Å²) >= 11 is 0. The van der Waals surface area contributed by atoms with E-state index in [1.807, 2.05) is 0 Å². The molecule has 9 nitrogen and oxygen atoms in total. The Morgan fingerprint density at radius 1 is 0.952 bits per heavy atom. The number of rotatable bonds is 3. The predicted molar refractivity (Wildman–Crippen MR) is 65.8 cm³/mol. The Hall–Kier alpha value is -0.360. The van der Waals surface area contributed by atoms with Crippen molar-refractivity contribution >= 4 is 0 Å². The number of hydrogen-bond donors (Lipinski definition) is 6. The van der Waals surface area contributed by atoms with E-state index in [1.165, 1.54) is 6.92 Å². The summed E-state index contributed by atoms with van der Waals surface area (Å²) in [6.45, 7) is 0.992. The second-order valence-electron chi connectivity index (χ2n) is 5.39. The van der Waals surface area contributed by atoms with E-state index in [-0.39, 0.29) is 6.42 Å². The Morgan fingerprint density at radius 2 is 1.62 bits per heavy atom. The fourth-order valence-corrected chi connectivity index (χ4v) is 2.50. The quantitative estimate of drug-likeness (QED) is 0.314. The van der Waals surface area contributed by atoms with Crippen LogP contribution >= 0.6 is 0 Å². The molecule has 0 bridgehead atoms. The maximum Gasteiger partial charge on any atom is 0.186 e. The van der Waals surface area contributed by atoms with Crippen molar-refractivity contribution in [3.63, 3.8) is 0 Å². The monoisotopic (exact) mass is 310 g/mol. The van der Waals surface area contributed by atoms with Crippen LogP contribution in [0.25, 0.3) is 0 Å². The standard InChI is InChI=1S/C12H22O9/c1-4-8(15)10(17)11(18)12(19-4)21-5-2-7(14)20-6(3-13)9(5)16/h4-18H,2-3H2,1H3/t4-,5?,6?,7?,8+,9-,10+,11?,12?/m0/s1. The lowest BCUT2D eigenvalue weighted by Gasteiger charge is -2.43. The zero-order valence-corrected chi connectivity index (χ0v) is 11.5. The first kappa shape index (κ1) is 17.0. The van der Waals surface area contributed by atoms with Crippen LogP contribution in [-0.4, -0.2) is 92.6 Å². The van der Waals surface area contributed by atoms with E-state index in [2.05, 4.69) is 0 Å². The first-order valence-corrected chi connectivity index (χ1v) is 6.82. The molecule has 0 radical (unpaired) electrons. The summed E-state index contributed by atoms with van der Waals surface area (Å²) in [7, 11) is 0. The highest BCUT2D eigenvalue weighted by molar-refractivity contribution is 4.89. The highest BCUT2D eigenvalue weighted by Crippen LogP contribution is 2.27. The Bertz CT molecular complexity index is 333. The molecule has 0 saturated carbocycles. The number of ether oxygens (including phenoxy) is 3. The fraction of sp³-hybridized carbons (Fsp3) is 1.00. The van der Waals surface area contributed by atoms with Gasteiger partial charge in [-0.25, -0.2) is 0 Å². The summed E-state index contributed by atoms with van der Waals surface area (Å²) in [5.74, 6) is 0. The Balaban J connectivity index is 2.02. The summed E-state index contributed by atoms with van der Waals surface area (Å²) in [4.78, 5) is 0. The van der Waals surface area contributed by atoms with E-state index in [1.54, 1.807) is 0 Å². The van der Waals surface area contributed by atoms with Crippen molar-refractivity contribution in [3.8, 4) is 0 Å². The molecule has 124 valence electrons. The molecule has 2 heterocycles. The molecule has 5 unspecified atom stereocenters. The number of aliphatic hydroxyl groups excluding tert-OH is 6. The first-order chi connectivity index (χ1) is 9.85. The number of hydrogen-bond acceptors (Lipinski definition) is 9. The van der Waals surface area contributed by atoms with E-state index < -0.39 is 61.9 Å². The molecule has 2 saturated heterocycles. The molecule has 0 aliphatic carbocycles. The summed E-state index contributed by atoms with van der Waals surface area (Å²) in [6.07, 6.45) is -10.8. The van der Waals surface area contributed by atoms with Crippen molar-refractivity contribution in [2.75, 3.05) is 6.61 Å². The van der Waals surface area contributed by atoms with Crippen LogP contribution in [0, 0.1) is 0 Å². The Morgan fingerprint density at radius 3 is 2.24 bits per heavy atom. The predicted octanol–water partition coefficient (Wildman–Crippen LogP) is -3.34. The van der Waals surface area contributed by atoms with E-state index in [9.17, 15) is 25.5 Å². The minimum Gasteiger partial charge on any atom is -0.394 e. The van der Waals surface area contributed by atoms with Crippen molar-refractivity contribution < 1.29 is 44.8 Å². The zero-order valence-electron chi connectivity index (χ0n) is 11.5. The minimum atomic E-state index is -1.50. The zero-order chi connectivity index (χ0) is 15.7. The van der Waals surface area contributed by atoms with Gasteiger partial charge in [-0.3, -0.25) is 0 Å². The first-order valence-electron chi connectivity index (χ1n) is 6.82. The van der Waals surface area contributed by atoms with Gasteiger partial charge in [-0.15, -0.1) is 0 Å². The van der Waals surface area contributed by atoms with Gasteiger partial charge in [0.15, 0.2) is 12.6 Å². The molecule has 21 heavy (non-hydrogen) atoms. The topological polar surface area (TPSA) is 149 Å². The molecule has 2 fully saturated rings. The fourth-order valence-electron chi connectivity index (χ4n) is 2.50. The van der Waals surface area contributed by atoms with Gasteiger partial charge in [0.1, 0.15) is 30.5 Å². The van der Waals surface area contributed by atoms with Crippen LogP contribution < -0.4 is 0 Å². The van der Waals surface area contributed by atoms with Crippen LogP contribution in [0.5, 0.6) is 0 Å². The van der Waals surface area contributed by atoms with E-state index in [4.69, 9.17) is 19.3 Å². The SMILES string of the molecule is C[C@@H]1OC(OC2CC(O)OC(CO)[C@H]2O)C(O)[C@H](O)[C@@H]1O. The normalized spacial score (nSPS) is 51.9. The lowest BCUT2D eigenvalue weighted by molar-refractivity contribution is -0.331. The van der Waals surface area contributed by atoms with Gasteiger partial charge < -0.3 is 44.8 Å². The summed E-state index contributed by atoms with van der Waals surface area (Å²) in [5, 5.41) is 57.7. The molecule has 9 atom stereocenters. The molecule has 9 heteroatoms. The lowest BCUT2D eigenvalue weighted by atomic mass is 9.98. The average Bonchev–Trinajstić information content (AvgIpc) is 2.45. The minimum absolute atomic E-state index is 0.0860. The van der Waals surface area contributed by atoms with Crippen molar-refractivity contribution in [2.24, 2.45) is 0 Å². The van der Waals surface area contributed by atoms with Crippen molar-refractivity contribution in [2.45, 2.75) is 68.7 Å². The summed E-state index contributed by atoms with van der Waals surface area (Å²) in [6, 6.07) is 0. The van der Waals surface area contributed by atoms with Crippen molar-refractivity contribution in [1.82, 2.24) is 0 Å². The van der Waals surface area contributed by atoms with Gasteiger partial charge in [-0.2, -0.15) is 0 Å². The van der Waals surface area contributed by atoms with E-state index >= 15 is 0 Å². The highest BCUT2D eigenvalue weighted by atomic mass is 16.7. The molecule has 0 amide bonds. The second kappa shape index (κ2) is 6.82. The molecule has 6 N–H and O–H groups in total. The van der Waals surface area contributed by atoms with Gasteiger partial charge in [0, 0.05) is 6.42 Å². The van der Waals surface area contributed by atoms with Crippen LogP contribution in [0.2, 0.25) is 0 Å². The van der Waals surface area contributed by atoms with Crippen LogP contribution in [0.1, 0.15) is 13.3 Å². The molecule has 2 aliphatic rings. The third-order valence-corrected chi connectivity index (χ3v) is 3.82.